The molecule has 0 atom stereocenters. The standard InChI is InChI=1S/C12H9N3O2S/c1-17-11(16)9-7-15(12-14-5-6-18-12)10-8(9)3-2-4-13-10/h2-7H,1H3. The van der Waals surface area contributed by atoms with E-state index in [-0.39, 0.29) is 5.97 Å². The van der Waals surface area contributed by atoms with Crippen LogP contribution in [0.3, 0.4) is 0 Å². The van der Waals surface area contributed by atoms with E-state index in [4.69, 9.17) is 4.74 Å². The lowest BCUT2D eigenvalue weighted by atomic mass is 10.2. The largest absolute Gasteiger partial charge is 0.465 e. The van der Waals surface area contributed by atoms with Crippen LogP contribution in [0.5, 0.6) is 0 Å². The fourth-order valence-electron chi connectivity index (χ4n) is 1.81. The summed E-state index contributed by atoms with van der Waals surface area (Å²) in [6.07, 6.45) is 5.11. The average Bonchev–Trinajstić information content (AvgIpc) is 3.04. The summed E-state index contributed by atoms with van der Waals surface area (Å²) in [6.45, 7) is 0. The van der Waals surface area contributed by atoms with Gasteiger partial charge >= 0.3 is 5.97 Å². The predicted octanol–water partition coefficient (Wildman–Crippen LogP) is 2.27. The Labute approximate surface area is 107 Å². The Hall–Kier alpha value is -2.21. The zero-order valence-electron chi connectivity index (χ0n) is 9.53. The van der Waals surface area contributed by atoms with Gasteiger partial charge in [-0.2, -0.15) is 0 Å². The van der Waals surface area contributed by atoms with Gasteiger partial charge in [0.05, 0.1) is 12.7 Å². The lowest BCUT2D eigenvalue weighted by Crippen LogP contribution is -1.99. The molecule has 0 aliphatic carbocycles. The molecule has 0 unspecified atom stereocenters. The lowest BCUT2D eigenvalue weighted by Gasteiger charge is -1.97. The van der Waals surface area contributed by atoms with Crippen molar-refractivity contribution in [1.82, 2.24) is 14.5 Å². The van der Waals surface area contributed by atoms with Crippen LogP contribution in [0.15, 0.2) is 36.1 Å². The highest BCUT2D eigenvalue weighted by molar-refractivity contribution is 7.12. The first-order chi connectivity index (χ1) is 8.81. The van der Waals surface area contributed by atoms with Gasteiger partial charge in [0.2, 0.25) is 0 Å². The van der Waals surface area contributed by atoms with Crippen molar-refractivity contribution in [2.75, 3.05) is 7.11 Å². The number of thiazole rings is 1. The fourth-order valence-corrected chi connectivity index (χ4v) is 2.43. The molecule has 0 aliphatic rings. The number of nitrogens with zero attached hydrogens (tertiary/aromatic N) is 3. The van der Waals surface area contributed by atoms with E-state index in [9.17, 15) is 4.79 Å². The number of ether oxygens (including phenoxy) is 1. The van der Waals surface area contributed by atoms with Gasteiger partial charge < -0.3 is 4.74 Å². The molecule has 0 N–H and O–H groups in total. The third-order valence-electron chi connectivity index (χ3n) is 2.59. The number of aromatic nitrogens is 3. The summed E-state index contributed by atoms with van der Waals surface area (Å²) in [5.74, 6) is -0.372. The Morgan fingerprint density at radius 3 is 3.00 bits per heavy atom. The molecule has 3 heterocycles. The minimum atomic E-state index is -0.372. The number of hydrogen-bond acceptors (Lipinski definition) is 5. The molecule has 0 saturated heterocycles. The first-order valence-electron chi connectivity index (χ1n) is 5.25. The Kier molecular flexibility index (Phi) is 2.56. The van der Waals surface area contributed by atoms with E-state index in [1.807, 2.05) is 11.4 Å². The molecule has 6 heteroatoms. The third kappa shape index (κ3) is 1.58. The molecule has 3 aromatic heterocycles. The van der Waals surface area contributed by atoms with Crippen molar-refractivity contribution >= 4 is 28.3 Å². The summed E-state index contributed by atoms with van der Waals surface area (Å²) in [4.78, 5) is 20.3. The number of fused-ring (bicyclic) bond motifs is 1. The molecule has 0 fully saturated rings. The summed E-state index contributed by atoms with van der Waals surface area (Å²) in [5, 5.41) is 3.41. The molecule has 18 heavy (non-hydrogen) atoms. The van der Waals surface area contributed by atoms with Gasteiger partial charge in [0.25, 0.3) is 0 Å². The third-order valence-corrected chi connectivity index (χ3v) is 3.36. The van der Waals surface area contributed by atoms with Crippen LogP contribution >= 0.6 is 11.3 Å². The van der Waals surface area contributed by atoms with Gasteiger partial charge in [-0.05, 0) is 12.1 Å². The Balaban J connectivity index is 2.31. The molecule has 0 amide bonds. The van der Waals surface area contributed by atoms with E-state index in [1.54, 1.807) is 29.2 Å². The first-order valence-corrected chi connectivity index (χ1v) is 6.13. The van der Waals surface area contributed by atoms with Gasteiger partial charge in [0.1, 0.15) is 5.65 Å². The summed E-state index contributed by atoms with van der Waals surface area (Å²) in [6, 6.07) is 3.64. The van der Waals surface area contributed by atoms with E-state index < -0.39 is 0 Å². The van der Waals surface area contributed by atoms with Crippen LogP contribution in [0.2, 0.25) is 0 Å². The second-order valence-electron chi connectivity index (χ2n) is 3.59. The molecule has 90 valence electrons. The molecule has 0 aliphatic heterocycles. The maximum absolute atomic E-state index is 11.7. The van der Waals surface area contributed by atoms with Crippen molar-refractivity contribution in [3.05, 3.63) is 41.7 Å². The van der Waals surface area contributed by atoms with Crippen molar-refractivity contribution < 1.29 is 9.53 Å². The predicted molar refractivity (Wildman–Crippen MR) is 68.1 cm³/mol. The van der Waals surface area contributed by atoms with Crippen molar-refractivity contribution in [2.24, 2.45) is 0 Å². The summed E-state index contributed by atoms with van der Waals surface area (Å²) in [5.41, 5.74) is 1.20. The van der Waals surface area contributed by atoms with E-state index in [0.717, 1.165) is 10.5 Å². The van der Waals surface area contributed by atoms with Gasteiger partial charge in [-0.1, -0.05) is 0 Å². The second-order valence-corrected chi connectivity index (χ2v) is 4.47. The minimum absolute atomic E-state index is 0.372. The normalized spacial score (nSPS) is 10.7. The van der Waals surface area contributed by atoms with E-state index >= 15 is 0 Å². The SMILES string of the molecule is COC(=O)c1cn(-c2nccs2)c2ncccc12. The molecule has 0 aromatic carbocycles. The second kappa shape index (κ2) is 4.23. The Morgan fingerprint density at radius 2 is 2.28 bits per heavy atom. The average molecular weight is 259 g/mol. The Bertz CT molecular complexity index is 703. The quantitative estimate of drug-likeness (QED) is 0.662. The zero-order valence-corrected chi connectivity index (χ0v) is 10.3. The van der Waals surface area contributed by atoms with Gasteiger partial charge in [0, 0.05) is 29.4 Å². The van der Waals surface area contributed by atoms with Crippen LogP contribution in [0, 0.1) is 0 Å². The van der Waals surface area contributed by atoms with Crippen molar-refractivity contribution in [3.8, 4) is 5.13 Å². The van der Waals surface area contributed by atoms with E-state index in [0.29, 0.717) is 11.2 Å². The molecule has 0 spiro atoms. The number of methoxy groups -OCH3 is 1. The maximum Gasteiger partial charge on any atom is 0.340 e. The molecule has 0 saturated carbocycles. The first kappa shape index (κ1) is 10.9. The van der Waals surface area contributed by atoms with Crippen LogP contribution < -0.4 is 0 Å². The number of pyridine rings is 1. The number of esters is 1. The van der Waals surface area contributed by atoms with E-state index in [2.05, 4.69) is 9.97 Å². The smallest absolute Gasteiger partial charge is 0.340 e. The highest BCUT2D eigenvalue weighted by Gasteiger charge is 2.17. The zero-order chi connectivity index (χ0) is 12.5. The number of hydrogen-bond donors (Lipinski definition) is 0. The molecular weight excluding hydrogens is 250 g/mol. The molecular formula is C12H9N3O2S. The summed E-state index contributed by atoms with van der Waals surface area (Å²) in [7, 11) is 1.37. The van der Waals surface area contributed by atoms with Gasteiger partial charge in [0.15, 0.2) is 5.13 Å². The Morgan fingerprint density at radius 1 is 1.39 bits per heavy atom. The molecule has 3 aromatic rings. The van der Waals surface area contributed by atoms with Crippen LogP contribution in [0.25, 0.3) is 16.2 Å². The summed E-state index contributed by atoms with van der Waals surface area (Å²) < 4.78 is 6.58. The molecule has 0 bridgehead atoms. The van der Waals surface area contributed by atoms with Crippen LogP contribution in [0.1, 0.15) is 10.4 Å². The van der Waals surface area contributed by atoms with Gasteiger partial charge in [-0.15, -0.1) is 11.3 Å². The molecule has 5 nitrogen and oxygen atoms in total. The van der Waals surface area contributed by atoms with Crippen LogP contribution in [-0.4, -0.2) is 27.6 Å². The van der Waals surface area contributed by atoms with Gasteiger partial charge in [-0.25, -0.2) is 14.8 Å². The number of carbonyl (C=O) groups excluding carboxylic acids is 1. The lowest BCUT2D eigenvalue weighted by molar-refractivity contribution is 0.0603. The monoisotopic (exact) mass is 259 g/mol. The van der Waals surface area contributed by atoms with Gasteiger partial charge in [-0.3, -0.25) is 4.57 Å². The topological polar surface area (TPSA) is 57.0 Å². The molecule has 3 rings (SSSR count). The maximum atomic E-state index is 11.7. The summed E-state index contributed by atoms with van der Waals surface area (Å²) >= 11 is 1.48. The molecule has 0 radical (unpaired) electrons. The number of carbonyl (C=O) groups is 1. The van der Waals surface area contributed by atoms with Crippen LogP contribution in [-0.2, 0) is 4.74 Å². The minimum Gasteiger partial charge on any atom is -0.465 e. The van der Waals surface area contributed by atoms with Crippen molar-refractivity contribution in [3.63, 3.8) is 0 Å². The highest BCUT2D eigenvalue weighted by Crippen LogP contribution is 2.24. The number of rotatable bonds is 2. The fraction of sp³-hybridized carbons (Fsp3) is 0.0833. The van der Waals surface area contributed by atoms with Crippen molar-refractivity contribution in [2.45, 2.75) is 0 Å². The van der Waals surface area contributed by atoms with E-state index in [1.165, 1.54) is 18.4 Å². The van der Waals surface area contributed by atoms with Crippen molar-refractivity contribution in [1.29, 1.82) is 0 Å². The van der Waals surface area contributed by atoms with Crippen LogP contribution in [0.4, 0.5) is 0 Å². The highest BCUT2D eigenvalue weighted by atomic mass is 32.1.